The highest BCUT2D eigenvalue weighted by atomic mass is 16.2. The highest BCUT2D eigenvalue weighted by Crippen LogP contribution is 2.34. The van der Waals surface area contributed by atoms with Crippen LogP contribution in [-0.2, 0) is 16.1 Å². The van der Waals surface area contributed by atoms with Gasteiger partial charge in [0.05, 0.1) is 29.0 Å². The van der Waals surface area contributed by atoms with Gasteiger partial charge in [-0.05, 0) is 73.9 Å². The van der Waals surface area contributed by atoms with Gasteiger partial charge in [0, 0.05) is 48.7 Å². The Morgan fingerprint density at radius 1 is 1.15 bits per heavy atom. The van der Waals surface area contributed by atoms with Crippen molar-refractivity contribution in [2.24, 2.45) is 16.6 Å². The number of hydrogen-bond donors (Lipinski definition) is 3. The van der Waals surface area contributed by atoms with E-state index in [-0.39, 0.29) is 24.1 Å². The molecule has 10 nitrogen and oxygen atoms in total. The number of piperidine rings is 1. The number of hydrogen-bond acceptors (Lipinski definition) is 8. The number of nitrogens with two attached hydrogens (primary N) is 1. The van der Waals surface area contributed by atoms with Crippen LogP contribution >= 0.6 is 0 Å². The second-order valence-corrected chi connectivity index (χ2v) is 11.0. The van der Waals surface area contributed by atoms with Crippen molar-refractivity contribution < 1.29 is 14.4 Å². The predicted octanol–water partition coefficient (Wildman–Crippen LogP) is 3.43. The molecule has 3 heterocycles. The van der Waals surface area contributed by atoms with Gasteiger partial charge in [0.25, 0.3) is 5.91 Å². The summed E-state index contributed by atoms with van der Waals surface area (Å²) < 4.78 is 0. The highest BCUT2D eigenvalue weighted by Gasteiger charge is 2.39. The summed E-state index contributed by atoms with van der Waals surface area (Å²) in [4.78, 5) is 52.0. The first-order chi connectivity index (χ1) is 20.0. The molecular weight excluding hydrogens is 518 g/mol. The van der Waals surface area contributed by atoms with Crippen LogP contribution in [0.15, 0.2) is 59.9 Å². The predicted molar refractivity (Wildman–Crippen MR) is 157 cm³/mol. The molecule has 0 bridgehead atoms. The first-order valence-corrected chi connectivity index (χ1v) is 14.2. The molecular formula is C31H33N7O3. The average molecular weight is 552 g/mol. The topological polar surface area (TPSA) is 143 Å². The molecule has 4 N–H and O–H groups in total. The number of carbonyl (C=O) groups excluding carboxylic acids is 3. The normalized spacial score (nSPS) is 22.6. The van der Waals surface area contributed by atoms with Gasteiger partial charge in [0.2, 0.25) is 11.8 Å². The van der Waals surface area contributed by atoms with Gasteiger partial charge < -0.3 is 16.0 Å². The summed E-state index contributed by atoms with van der Waals surface area (Å²) >= 11 is 0. The molecule has 6 rings (SSSR count). The molecule has 3 aromatic rings. The van der Waals surface area contributed by atoms with E-state index in [4.69, 9.17) is 10.7 Å². The van der Waals surface area contributed by atoms with Gasteiger partial charge >= 0.3 is 0 Å². The van der Waals surface area contributed by atoms with Gasteiger partial charge in [-0.2, -0.15) is 0 Å². The smallest absolute Gasteiger partial charge is 0.255 e. The molecule has 0 spiro atoms. The van der Waals surface area contributed by atoms with E-state index in [0.29, 0.717) is 30.5 Å². The lowest BCUT2D eigenvalue weighted by Gasteiger charge is -2.32. The standard InChI is InChI=1S/C31H33N7O3/c32-15-21(27-17-35-25-5-1-2-6-26(25)36-27)16-34-23-12-19(13-23)4-3-11-33-22-7-8-24-20(14-22)18-38(31(24)41)28-9-10-29(39)37-30(28)40/h1-2,5-8,14-17,19,23,28,33H,3-4,9-13,18,32H2,(H,37,39,40). The van der Waals surface area contributed by atoms with E-state index >= 15 is 0 Å². The van der Waals surface area contributed by atoms with Crippen molar-refractivity contribution in [3.8, 4) is 0 Å². The molecule has 1 atom stereocenters. The van der Waals surface area contributed by atoms with Crippen molar-refractivity contribution >= 4 is 46.2 Å². The Hall–Kier alpha value is -4.60. The number of amides is 3. The van der Waals surface area contributed by atoms with Gasteiger partial charge in [-0.15, -0.1) is 0 Å². The fourth-order valence-corrected chi connectivity index (χ4v) is 5.84. The zero-order chi connectivity index (χ0) is 28.3. The third-order valence-electron chi connectivity index (χ3n) is 8.20. The Kier molecular flexibility index (Phi) is 7.45. The number of aliphatic imine (C=N–C) groups is 1. The SMILES string of the molecule is NC=C(C=NC1CC(CCCNc2ccc3c(c2)CN(C2CCC(=O)NC2=O)C3=O)C1)c1cnc2ccccc2n1. The molecule has 1 saturated carbocycles. The molecule has 2 aliphatic heterocycles. The Bertz CT molecular complexity index is 1560. The van der Waals surface area contributed by atoms with Crippen LogP contribution in [0.25, 0.3) is 16.6 Å². The van der Waals surface area contributed by atoms with Crippen LogP contribution < -0.4 is 16.4 Å². The molecule has 2 aromatic carbocycles. The van der Waals surface area contributed by atoms with Gasteiger partial charge in [0.15, 0.2) is 0 Å². The second-order valence-electron chi connectivity index (χ2n) is 11.0. The van der Waals surface area contributed by atoms with Crippen LogP contribution in [0.4, 0.5) is 5.69 Å². The number of rotatable bonds is 9. The fourth-order valence-electron chi connectivity index (χ4n) is 5.84. The summed E-state index contributed by atoms with van der Waals surface area (Å²) in [6, 6.07) is 13.2. The minimum atomic E-state index is -0.593. The number of nitrogens with one attached hydrogen (secondary N) is 2. The van der Waals surface area contributed by atoms with E-state index in [9.17, 15) is 14.4 Å². The van der Waals surface area contributed by atoms with Gasteiger partial charge in [0.1, 0.15) is 6.04 Å². The Morgan fingerprint density at radius 3 is 2.78 bits per heavy atom. The first kappa shape index (κ1) is 26.6. The maximum Gasteiger partial charge on any atom is 0.255 e. The summed E-state index contributed by atoms with van der Waals surface area (Å²) in [5.74, 6) is -0.163. The molecule has 3 aliphatic rings. The zero-order valence-corrected chi connectivity index (χ0v) is 22.8. The second kappa shape index (κ2) is 11.5. The molecule has 1 aliphatic carbocycles. The summed E-state index contributed by atoms with van der Waals surface area (Å²) in [6.07, 6.45) is 10.0. The maximum atomic E-state index is 12.9. The Balaban J connectivity index is 0.936. The van der Waals surface area contributed by atoms with Crippen molar-refractivity contribution in [2.75, 3.05) is 11.9 Å². The highest BCUT2D eigenvalue weighted by molar-refractivity contribution is 6.09. The third-order valence-corrected chi connectivity index (χ3v) is 8.20. The molecule has 0 radical (unpaired) electrons. The third kappa shape index (κ3) is 5.68. The van der Waals surface area contributed by atoms with Gasteiger partial charge in [-0.25, -0.2) is 4.98 Å². The number of benzene rings is 2. The maximum absolute atomic E-state index is 12.9. The van der Waals surface area contributed by atoms with Crippen LogP contribution in [0, 0.1) is 5.92 Å². The van der Waals surface area contributed by atoms with E-state index in [1.54, 1.807) is 11.1 Å². The van der Waals surface area contributed by atoms with E-state index in [2.05, 4.69) is 20.6 Å². The van der Waals surface area contributed by atoms with Crippen molar-refractivity contribution in [3.05, 3.63) is 71.7 Å². The lowest BCUT2D eigenvalue weighted by Crippen LogP contribution is -2.52. The monoisotopic (exact) mass is 551 g/mol. The van der Waals surface area contributed by atoms with E-state index in [1.807, 2.05) is 48.7 Å². The number of para-hydroxylation sites is 2. The van der Waals surface area contributed by atoms with Crippen molar-refractivity contribution in [3.63, 3.8) is 0 Å². The number of fused-ring (bicyclic) bond motifs is 2. The van der Waals surface area contributed by atoms with Crippen LogP contribution in [0.2, 0.25) is 0 Å². The summed E-state index contributed by atoms with van der Waals surface area (Å²) in [6.45, 7) is 1.23. The number of carbonyl (C=O) groups is 3. The number of imide groups is 1. The molecule has 41 heavy (non-hydrogen) atoms. The average Bonchev–Trinajstić information content (AvgIpc) is 3.28. The molecule has 1 unspecified atom stereocenters. The zero-order valence-electron chi connectivity index (χ0n) is 22.8. The van der Waals surface area contributed by atoms with Crippen LogP contribution in [0.3, 0.4) is 0 Å². The summed E-state index contributed by atoms with van der Waals surface area (Å²) in [7, 11) is 0. The minimum Gasteiger partial charge on any atom is -0.404 e. The molecule has 3 amide bonds. The van der Waals surface area contributed by atoms with E-state index < -0.39 is 6.04 Å². The first-order valence-electron chi connectivity index (χ1n) is 14.2. The summed E-state index contributed by atoms with van der Waals surface area (Å²) in [5, 5.41) is 5.82. The van der Waals surface area contributed by atoms with E-state index in [1.165, 1.54) is 6.20 Å². The molecule has 1 aromatic heterocycles. The molecule has 210 valence electrons. The van der Waals surface area contributed by atoms with Crippen LogP contribution in [0.1, 0.15) is 60.1 Å². The largest absolute Gasteiger partial charge is 0.404 e. The lowest BCUT2D eigenvalue weighted by molar-refractivity contribution is -0.136. The van der Waals surface area contributed by atoms with Crippen LogP contribution in [0.5, 0.6) is 0 Å². The van der Waals surface area contributed by atoms with Gasteiger partial charge in [-0.3, -0.25) is 29.7 Å². The quantitative estimate of drug-likeness (QED) is 0.210. The van der Waals surface area contributed by atoms with Crippen molar-refractivity contribution in [1.29, 1.82) is 0 Å². The van der Waals surface area contributed by atoms with Crippen molar-refractivity contribution in [1.82, 2.24) is 20.2 Å². The van der Waals surface area contributed by atoms with Crippen LogP contribution in [-0.4, -0.2) is 57.4 Å². The fraction of sp³-hybridized carbons (Fsp3) is 0.355. The number of allylic oxidation sites excluding steroid dienone is 1. The van der Waals surface area contributed by atoms with E-state index in [0.717, 1.165) is 65.8 Å². The Morgan fingerprint density at radius 2 is 1.98 bits per heavy atom. The van der Waals surface area contributed by atoms with Gasteiger partial charge in [-0.1, -0.05) is 12.1 Å². The van der Waals surface area contributed by atoms with Crippen molar-refractivity contribution in [2.45, 2.75) is 57.2 Å². The summed E-state index contributed by atoms with van der Waals surface area (Å²) in [5.41, 5.74) is 11.5. The minimum absolute atomic E-state index is 0.150. The lowest BCUT2D eigenvalue weighted by atomic mass is 9.78. The molecule has 1 saturated heterocycles. The molecule has 2 fully saturated rings. The number of anilines is 1. The Labute approximate surface area is 238 Å². The number of aromatic nitrogens is 2. The number of nitrogens with zero attached hydrogens (tertiary/aromatic N) is 4. The molecule has 10 heteroatoms.